The van der Waals surface area contributed by atoms with E-state index in [1.807, 2.05) is 12.1 Å². The van der Waals surface area contributed by atoms with Crippen LogP contribution in [0.4, 0.5) is 4.39 Å². The van der Waals surface area contributed by atoms with Gasteiger partial charge in [0.15, 0.2) is 0 Å². The molecule has 25 heavy (non-hydrogen) atoms. The van der Waals surface area contributed by atoms with E-state index in [9.17, 15) is 14.0 Å². The third kappa shape index (κ3) is 2.48. The minimum Gasteiger partial charge on any atom is -0.268 e. The predicted molar refractivity (Wildman–Crippen MR) is 101 cm³/mol. The van der Waals surface area contributed by atoms with Crippen LogP contribution >= 0.6 is 15.9 Å². The maximum absolute atomic E-state index is 14.5. The van der Waals surface area contributed by atoms with Crippen LogP contribution in [0.15, 0.2) is 80.8 Å². The van der Waals surface area contributed by atoms with Gasteiger partial charge in [0, 0.05) is 15.2 Å². The average Bonchev–Trinajstić information content (AvgIpc) is 2.71. The van der Waals surface area contributed by atoms with Crippen LogP contribution in [0.2, 0.25) is 0 Å². The SMILES string of the molecule is O=c1c2ccccc2c2ccccc2c(=O)n1-c1ccc(Br)cc1F. The van der Waals surface area contributed by atoms with Crippen molar-refractivity contribution in [1.82, 2.24) is 4.57 Å². The average molecular weight is 396 g/mol. The van der Waals surface area contributed by atoms with Gasteiger partial charge in [-0.3, -0.25) is 9.59 Å². The summed E-state index contributed by atoms with van der Waals surface area (Å²) in [6.45, 7) is 0. The van der Waals surface area contributed by atoms with E-state index < -0.39 is 16.9 Å². The first-order valence-electron chi connectivity index (χ1n) is 7.60. The Kier molecular flexibility index (Phi) is 3.73. The summed E-state index contributed by atoms with van der Waals surface area (Å²) in [5, 5.41) is 2.05. The molecule has 0 fully saturated rings. The Labute approximate surface area is 150 Å². The molecule has 122 valence electrons. The summed E-state index contributed by atoms with van der Waals surface area (Å²) in [5.74, 6) is -0.645. The van der Waals surface area contributed by atoms with Gasteiger partial charge in [0.2, 0.25) is 0 Å². The van der Waals surface area contributed by atoms with Crippen LogP contribution in [-0.2, 0) is 0 Å². The molecular formula is C20H11BrFNO2. The maximum atomic E-state index is 14.5. The second-order valence-electron chi connectivity index (χ2n) is 5.63. The minimum absolute atomic E-state index is 0.0651. The number of aromatic nitrogens is 1. The first-order valence-corrected chi connectivity index (χ1v) is 8.39. The lowest BCUT2D eigenvalue weighted by atomic mass is 10.1. The van der Waals surface area contributed by atoms with Crippen LogP contribution in [0, 0.1) is 5.82 Å². The molecule has 0 saturated carbocycles. The highest BCUT2D eigenvalue weighted by Crippen LogP contribution is 2.21. The van der Waals surface area contributed by atoms with Gasteiger partial charge in [0.05, 0.1) is 5.69 Å². The second kappa shape index (κ2) is 5.93. The molecule has 1 aromatic heterocycles. The van der Waals surface area contributed by atoms with Gasteiger partial charge in [-0.2, -0.15) is 0 Å². The van der Waals surface area contributed by atoms with E-state index in [0.717, 1.165) is 4.57 Å². The van der Waals surface area contributed by atoms with Gasteiger partial charge in [0.1, 0.15) is 5.82 Å². The van der Waals surface area contributed by atoms with Gasteiger partial charge in [0.25, 0.3) is 11.1 Å². The third-order valence-corrected chi connectivity index (χ3v) is 4.66. The van der Waals surface area contributed by atoms with E-state index in [0.29, 0.717) is 26.0 Å². The molecule has 0 spiro atoms. The molecule has 0 bridgehead atoms. The summed E-state index contributed by atoms with van der Waals surface area (Å²) in [7, 11) is 0. The highest BCUT2D eigenvalue weighted by molar-refractivity contribution is 9.10. The Morgan fingerprint density at radius 3 is 1.68 bits per heavy atom. The van der Waals surface area contributed by atoms with E-state index >= 15 is 0 Å². The van der Waals surface area contributed by atoms with E-state index in [1.165, 1.54) is 12.1 Å². The van der Waals surface area contributed by atoms with Crippen molar-refractivity contribution in [3.8, 4) is 5.69 Å². The number of hydrogen-bond donors (Lipinski definition) is 0. The number of rotatable bonds is 1. The highest BCUT2D eigenvalue weighted by Gasteiger charge is 2.14. The molecular weight excluding hydrogens is 385 g/mol. The van der Waals surface area contributed by atoms with E-state index in [4.69, 9.17) is 0 Å². The number of nitrogens with zero attached hydrogens (tertiary/aromatic N) is 1. The number of hydrogen-bond acceptors (Lipinski definition) is 2. The lowest BCUT2D eigenvalue weighted by Gasteiger charge is -2.05. The lowest BCUT2D eigenvalue weighted by Crippen LogP contribution is -2.29. The molecule has 0 unspecified atom stereocenters. The van der Waals surface area contributed by atoms with Crippen molar-refractivity contribution in [1.29, 1.82) is 0 Å². The van der Waals surface area contributed by atoms with Crippen molar-refractivity contribution < 1.29 is 4.39 Å². The standard InChI is InChI=1S/C20H11BrFNO2/c21-12-9-10-18(17(22)11-12)23-19(24)15-7-3-1-5-13(15)14-6-2-4-8-16(14)20(23)25/h1-11H. The van der Waals surface area contributed by atoms with E-state index in [2.05, 4.69) is 15.9 Å². The maximum Gasteiger partial charge on any atom is 0.266 e. The Morgan fingerprint density at radius 1 is 0.720 bits per heavy atom. The molecule has 4 aromatic rings. The van der Waals surface area contributed by atoms with Crippen LogP contribution in [0.5, 0.6) is 0 Å². The summed E-state index contributed by atoms with van der Waals surface area (Å²) in [5.41, 5.74) is -1.15. The first-order chi connectivity index (χ1) is 12.1. The van der Waals surface area contributed by atoms with Crippen molar-refractivity contribution in [2.24, 2.45) is 0 Å². The second-order valence-corrected chi connectivity index (χ2v) is 6.55. The third-order valence-electron chi connectivity index (χ3n) is 4.16. The highest BCUT2D eigenvalue weighted by atomic mass is 79.9. The molecule has 0 aliphatic heterocycles. The molecule has 1 heterocycles. The van der Waals surface area contributed by atoms with Gasteiger partial charge in [-0.25, -0.2) is 8.96 Å². The van der Waals surface area contributed by atoms with Gasteiger partial charge in [-0.05, 0) is 41.1 Å². The summed E-state index contributed by atoms with van der Waals surface area (Å²) >= 11 is 3.19. The summed E-state index contributed by atoms with van der Waals surface area (Å²) in [4.78, 5) is 26.2. The van der Waals surface area contributed by atoms with E-state index in [1.54, 1.807) is 42.5 Å². The van der Waals surface area contributed by atoms with Crippen molar-refractivity contribution in [2.45, 2.75) is 0 Å². The Hall–Kier alpha value is -2.79. The van der Waals surface area contributed by atoms with Crippen LogP contribution in [0.1, 0.15) is 0 Å². The fraction of sp³-hybridized carbons (Fsp3) is 0. The van der Waals surface area contributed by atoms with Crippen LogP contribution < -0.4 is 11.1 Å². The van der Waals surface area contributed by atoms with Crippen molar-refractivity contribution in [3.63, 3.8) is 0 Å². The summed E-state index contributed by atoms with van der Waals surface area (Å²) in [6, 6.07) is 18.2. The van der Waals surface area contributed by atoms with Gasteiger partial charge in [-0.1, -0.05) is 52.3 Å². The molecule has 0 aliphatic rings. The van der Waals surface area contributed by atoms with Crippen molar-refractivity contribution in [2.75, 3.05) is 0 Å². The lowest BCUT2D eigenvalue weighted by molar-refractivity contribution is 0.614. The minimum atomic E-state index is -0.645. The molecule has 0 radical (unpaired) electrons. The Morgan fingerprint density at radius 2 is 1.20 bits per heavy atom. The van der Waals surface area contributed by atoms with Gasteiger partial charge in [-0.15, -0.1) is 0 Å². The quantitative estimate of drug-likeness (QED) is 0.478. The molecule has 0 N–H and O–H groups in total. The topological polar surface area (TPSA) is 39.1 Å². The number of fused-ring (bicyclic) bond motifs is 3. The van der Waals surface area contributed by atoms with Crippen molar-refractivity contribution >= 4 is 37.5 Å². The summed E-state index contributed by atoms with van der Waals surface area (Å²) < 4.78 is 15.9. The van der Waals surface area contributed by atoms with Gasteiger partial charge >= 0.3 is 0 Å². The molecule has 0 saturated heterocycles. The molecule has 4 rings (SSSR count). The van der Waals surface area contributed by atoms with Crippen LogP contribution in [-0.4, -0.2) is 4.57 Å². The van der Waals surface area contributed by atoms with Crippen molar-refractivity contribution in [3.05, 3.63) is 97.7 Å². The Balaban J connectivity index is 2.33. The number of halogens is 2. The molecule has 0 amide bonds. The zero-order valence-electron chi connectivity index (χ0n) is 12.9. The van der Waals surface area contributed by atoms with Crippen LogP contribution in [0.3, 0.4) is 0 Å². The molecule has 5 heteroatoms. The van der Waals surface area contributed by atoms with Gasteiger partial charge < -0.3 is 0 Å². The van der Waals surface area contributed by atoms with E-state index in [-0.39, 0.29) is 5.69 Å². The Bertz CT molecular complexity index is 1190. The fourth-order valence-corrected chi connectivity index (χ4v) is 3.36. The smallest absolute Gasteiger partial charge is 0.266 e. The molecule has 0 atom stereocenters. The zero-order valence-corrected chi connectivity index (χ0v) is 14.5. The predicted octanol–water partition coefficient (Wildman–Crippen LogP) is 4.41. The van der Waals surface area contributed by atoms with Crippen LogP contribution in [0.25, 0.3) is 27.2 Å². The number of benzene rings is 3. The zero-order chi connectivity index (χ0) is 17.6. The molecule has 3 aromatic carbocycles. The first kappa shape index (κ1) is 15.7. The monoisotopic (exact) mass is 395 g/mol. The largest absolute Gasteiger partial charge is 0.268 e. The fourth-order valence-electron chi connectivity index (χ4n) is 3.02. The normalized spacial score (nSPS) is 11.1. The molecule has 3 nitrogen and oxygen atoms in total. The molecule has 0 aliphatic carbocycles. The summed E-state index contributed by atoms with van der Waals surface area (Å²) in [6.07, 6.45) is 0.